The molecule has 0 unspecified atom stereocenters. The van der Waals surface area contributed by atoms with Crippen LogP contribution in [-0.4, -0.2) is 60.4 Å². The van der Waals surface area contributed by atoms with Crippen LogP contribution in [0.25, 0.3) is 11.0 Å². The average molecular weight is 492 g/mol. The Morgan fingerprint density at radius 2 is 2.03 bits per heavy atom. The van der Waals surface area contributed by atoms with Crippen molar-refractivity contribution in [3.8, 4) is 0 Å². The Balaban J connectivity index is 1.44. The molecule has 4 rings (SSSR count). The summed E-state index contributed by atoms with van der Waals surface area (Å²) in [5.74, 6) is -0.555. The Labute approximate surface area is 197 Å². The summed E-state index contributed by atoms with van der Waals surface area (Å²) >= 11 is 5.90. The number of sulfonamides is 1. The van der Waals surface area contributed by atoms with Crippen LogP contribution in [0, 0.1) is 5.92 Å². The maximum absolute atomic E-state index is 13.3. The highest BCUT2D eigenvalue weighted by Gasteiger charge is 2.33. The van der Waals surface area contributed by atoms with Crippen molar-refractivity contribution in [2.24, 2.45) is 5.92 Å². The molecule has 9 nitrogen and oxygen atoms in total. The zero-order chi connectivity index (χ0) is 23.4. The number of benzene rings is 2. The smallest absolute Gasteiger partial charge is 0.243 e. The van der Waals surface area contributed by atoms with Crippen molar-refractivity contribution in [1.82, 2.24) is 24.6 Å². The van der Waals surface area contributed by atoms with Crippen LogP contribution >= 0.6 is 11.6 Å². The summed E-state index contributed by atoms with van der Waals surface area (Å²) in [6, 6.07) is 12.0. The van der Waals surface area contributed by atoms with Crippen LogP contribution in [0.1, 0.15) is 18.4 Å². The predicted octanol–water partition coefficient (Wildman–Crippen LogP) is 2.45. The minimum Gasteiger partial charge on any atom is -0.383 e. The van der Waals surface area contributed by atoms with Crippen LogP contribution in [0.5, 0.6) is 0 Å². The first kappa shape index (κ1) is 23.6. The molecule has 176 valence electrons. The van der Waals surface area contributed by atoms with Gasteiger partial charge in [-0.1, -0.05) is 28.9 Å². The molecule has 2 heterocycles. The van der Waals surface area contributed by atoms with E-state index >= 15 is 0 Å². The number of amides is 1. The van der Waals surface area contributed by atoms with Crippen LogP contribution in [0.4, 0.5) is 0 Å². The van der Waals surface area contributed by atoms with Crippen LogP contribution in [0.2, 0.25) is 5.02 Å². The van der Waals surface area contributed by atoms with Gasteiger partial charge in [-0.3, -0.25) is 4.79 Å². The van der Waals surface area contributed by atoms with E-state index in [-0.39, 0.29) is 17.3 Å². The van der Waals surface area contributed by atoms with Crippen molar-refractivity contribution in [3.05, 3.63) is 53.1 Å². The fourth-order valence-corrected chi connectivity index (χ4v) is 5.59. The summed E-state index contributed by atoms with van der Waals surface area (Å²) in [6.45, 7) is 1.90. The fourth-order valence-electron chi connectivity index (χ4n) is 3.91. The van der Waals surface area contributed by atoms with E-state index in [9.17, 15) is 13.2 Å². The number of halogens is 1. The lowest BCUT2D eigenvalue weighted by Crippen LogP contribution is -2.45. The van der Waals surface area contributed by atoms with Crippen LogP contribution in [0.3, 0.4) is 0 Å². The molecule has 3 aromatic rings. The van der Waals surface area contributed by atoms with Gasteiger partial charge in [0.2, 0.25) is 15.9 Å². The molecule has 0 saturated carbocycles. The number of hydrogen-bond acceptors (Lipinski definition) is 6. The van der Waals surface area contributed by atoms with Gasteiger partial charge in [-0.15, -0.1) is 5.10 Å². The van der Waals surface area contributed by atoms with Gasteiger partial charge in [-0.25, -0.2) is 13.1 Å². The number of piperidine rings is 1. The summed E-state index contributed by atoms with van der Waals surface area (Å²) in [7, 11) is -2.16. The Hall–Kier alpha value is -2.53. The normalized spacial score (nSPS) is 17.3. The summed E-state index contributed by atoms with van der Waals surface area (Å²) < 4.78 is 34.7. The lowest BCUT2D eigenvalue weighted by atomic mass is 9.99. The summed E-state index contributed by atoms with van der Waals surface area (Å²) in [6.07, 6.45) is 1.26. The highest BCUT2D eigenvalue weighted by atomic mass is 35.5. The molecule has 0 bridgehead atoms. The molecular weight excluding hydrogens is 466 g/mol. The monoisotopic (exact) mass is 491 g/mol. The number of hydrogen-bond donors (Lipinski definition) is 1. The molecule has 1 fully saturated rings. The van der Waals surface area contributed by atoms with E-state index in [2.05, 4.69) is 15.6 Å². The lowest BCUT2D eigenvalue weighted by Gasteiger charge is -2.31. The SMILES string of the molecule is COCCn1nnc2cc(S(=O)(=O)N3CCC[C@@H](C(=O)NCc4ccc(Cl)cc4)C3)ccc21. The van der Waals surface area contributed by atoms with Gasteiger partial charge in [-0.05, 0) is 48.7 Å². The standard InChI is InChI=1S/C22H26ClN5O4S/c1-32-12-11-28-21-9-8-19(13-20(21)25-26-28)33(30,31)27-10-2-3-17(15-27)22(29)24-14-16-4-6-18(23)7-5-16/h4-9,13,17H,2-3,10-12,14-15H2,1H3,(H,24,29)/t17-/m1/s1. The Bertz CT molecular complexity index is 1230. The van der Waals surface area contributed by atoms with E-state index in [1.165, 1.54) is 10.4 Å². The predicted molar refractivity (Wildman–Crippen MR) is 124 cm³/mol. The zero-order valence-corrected chi connectivity index (χ0v) is 19.8. The van der Waals surface area contributed by atoms with Gasteiger partial charge in [-0.2, -0.15) is 4.31 Å². The average Bonchev–Trinajstić information content (AvgIpc) is 3.24. The maximum atomic E-state index is 13.3. The molecule has 33 heavy (non-hydrogen) atoms. The quantitative estimate of drug-likeness (QED) is 0.518. The third-order valence-electron chi connectivity index (χ3n) is 5.77. The summed E-state index contributed by atoms with van der Waals surface area (Å²) in [5, 5.41) is 11.7. The van der Waals surface area contributed by atoms with Crippen molar-refractivity contribution in [2.45, 2.75) is 30.8 Å². The first-order valence-electron chi connectivity index (χ1n) is 10.7. The largest absolute Gasteiger partial charge is 0.383 e. The number of carbonyl (C=O) groups excluding carboxylic acids is 1. The molecule has 1 aromatic heterocycles. The van der Waals surface area contributed by atoms with E-state index in [1.807, 2.05) is 12.1 Å². The zero-order valence-electron chi connectivity index (χ0n) is 18.3. The minimum absolute atomic E-state index is 0.146. The first-order valence-corrected chi connectivity index (χ1v) is 12.5. The second-order valence-electron chi connectivity index (χ2n) is 8.00. The van der Waals surface area contributed by atoms with Crippen LogP contribution in [0.15, 0.2) is 47.4 Å². The Morgan fingerprint density at radius 1 is 1.24 bits per heavy atom. The topological polar surface area (TPSA) is 106 Å². The molecule has 1 N–H and O–H groups in total. The van der Waals surface area contributed by atoms with Crippen molar-refractivity contribution < 1.29 is 17.9 Å². The molecule has 1 atom stereocenters. The third-order valence-corrected chi connectivity index (χ3v) is 7.88. The second-order valence-corrected chi connectivity index (χ2v) is 10.4. The highest BCUT2D eigenvalue weighted by molar-refractivity contribution is 7.89. The van der Waals surface area contributed by atoms with Gasteiger partial charge in [0.05, 0.1) is 29.5 Å². The van der Waals surface area contributed by atoms with E-state index in [0.717, 1.165) is 11.1 Å². The molecule has 1 aliphatic rings. The number of nitrogens with one attached hydrogen (secondary N) is 1. The first-order chi connectivity index (χ1) is 15.9. The molecular formula is C22H26ClN5O4S. The summed E-state index contributed by atoms with van der Waals surface area (Å²) in [5.41, 5.74) is 2.17. The van der Waals surface area contributed by atoms with Crippen LogP contribution < -0.4 is 5.32 Å². The van der Waals surface area contributed by atoms with Crippen molar-refractivity contribution in [2.75, 3.05) is 26.8 Å². The van der Waals surface area contributed by atoms with Gasteiger partial charge >= 0.3 is 0 Å². The molecule has 2 aromatic carbocycles. The number of aromatic nitrogens is 3. The molecule has 11 heteroatoms. The minimum atomic E-state index is -3.76. The number of fused-ring (bicyclic) bond motifs is 1. The molecule has 1 amide bonds. The van der Waals surface area contributed by atoms with E-state index < -0.39 is 15.9 Å². The maximum Gasteiger partial charge on any atom is 0.243 e. The van der Waals surface area contributed by atoms with Gasteiger partial charge in [0.25, 0.3) is 0 Å². The van der Waals surface area contributed by atoms with E-state index in [4.69, 9.17) is 16.3 Å². The Morgan fingerprint density at radius 3 is 2.79 bits per heavy atom. The van der Waals surface area contributed by atoms with E-state index in [1.54, 1.807) is 36.1 Å². The molecule has 0 radical (unpaired) electrons. The lowest BCUT2D eigenvalue weighted by molar-refractivity contribution is -0.126. The second kappa shape index (κ2) is 10.2. The van der Waals surface area contributed by atoms with E-state index in [0.29, 0.717) is 49.6 Å². The molecule has 0 spiro atoms. The molecule has 0 aliphatic carbocycles. The molecule has 1 aliphatic heterocycles. The fraction of sp³-hybridized carbons (Fsp3) is 0.409. The van der Waals surface area contributed by atoms with Gasteiger partial charge in [0, 0.05) is 31.8 Å². The van der Waals surface area contributed by atoms with Crippen molar-refractivity contribution >= 4 is 38.6 Å². The number of rotatable bonds is 8. The number of carbonyl (C=O) groups is 1. The van der Waals surface area contributed by atoms with Crippen LogP contribution in [-0.2, 0) is 32.6 Å². The highest BCUT2D eigenvalue weighted by Crippen LogP contribution is 2.26. The van der Waals surface area contributed by atoms with Gasteiger partial charge in [0.1, 0.15) is 5.52 Å². The third kappa shape index (κ3) is 5.35. The van der Waals surface area contributed by atoms with Crippen molar-refractivity contribution in [1.29, 1.82) is 0 Å². The van der Waals surface area contributed by atoms with Crippen molar-refractivity contribution in [3.63, 3.8) is 0 Å². The number of nitrogens with zero attached hydrogens (tertiary/aromatic N) is 4. The Kier molecular flexibility index (Phi) is 7.28. The van der Waals surface area contributed by atoms with Gasteiger partial charge in [0.15, 0.2) is 0 Å². The number of ether oxygens (including phenoxy) is 1. The number of methoxy groups -OCH3 is 1. The molecule has 1 saturated heterocycles. The van der Waals surface area contributed by atoms with Gasteiger partial charge < -0.3 is 10.1 Å². The summed E-state index contributed by atoms with van der Waals surface area (Å²) in [4.78, 5) is 12.9.